The molecule has 4 rings (SSSR count). The first-order valence-corrected chi connectivity index (χ1v) is 11.5. The SMILES string of the molecule is COc1cc(C(=O)NCC(C)(O)c2ccc(OC)c(-c3ccc(F)c(Cl)c3)n2)ccc1OC1CC1. The summed E-state index contributed by atoms with van der Waals surface area (Å²) in [5, 5.41) is 13.8. The molecule has 1 atom stereocenters. The number of aliphatic hydroxyl groups is 1. The van der Waals surface area contributed by atoms with Gasteiger partial charge in [-0.2, -0.15) is 0 Å². The third kappa shape index (κ3) is 5.66. The zero-order valence-corrected chi connectivity index (χ0v) is 20.4. The van der Waals surface area contributed by atoms with Gasteiger partial charge in [0, 0.05) is 11.1 Å². The minimum atomic E-state index is -1.51. The van der Waals surface area contributed by atoms with Crippen molar-refractivity contribution >= 4 is 17.5 Å². The van der Waals surface area contributed by atoms with Gasteiger partial charge in [0.05, 0.1) is 37.6 Å². The Kier molecular flexibility index (Phi) is 7.14. The van der Waals surface area contributed by atoms with Crippen molar-refractivity contribution in [2.45, 2.75) is 31.5 Å². The molecule has 0 aliphatic heterocycles. The van der Waals surface area contributed by atoms with Crippen LogP contribution in [0.4, 0.5) is 4.39 Å². The Labute approximate surface area is 207 Å². The molecule has 9 heteroatoms. The van der Waals surface area contributed by atoms with E-state index in [-0.39, 0.29) is 23.6 Å². The highest BCUT2D eigenvalue weighted by molar-refractivity contribution is 6.31. The highest BCUT2D eigenvalue weighted by Gasteiger charge is 2.28. The van der Waals surface area contributed by atoms with Crippen molar-refractivity contribution in [2.75, 3.05) is 20.8 Å². The lowest BCUT2D eigenvalue weighted by Crippen LogP contribution is -2.39. The molecule has 2 N–H and O–H groups in total. The van der Waals surface area contributed by atoms with E-state index in [2.05, 4.69) is 10.3 Å². The number of carbonyl (C=O) groups excluding carboxylic acids is 1. The number of nitrogens with one attached hydrogen (secondary N) is 1. The summed E-state index contributed by atoms with van der Waals surface area (Å²) in [5.74, 6) is 0.548. The van der Waals surface area contributed by atoms with E-state index in [9.17, 15) is 14.3 Å². The lowest BCUT2D eigenvalue weighted by molar-refractivity contribution is 0.0489. The number of pyridine rings is 1. The van der Waals surface area contributed by atoms with Crippen LogP contribution in [-0.4, -0.2) is 42.9 Å². The van der Waals surface area contributed by atoms with Gasteiger partial charge in [0.2, 0.25) is 0 Å². The molecule has 1 saturated carbocycles. The van der Waals surface area contributed by atoms with Crippen LogP contribution in [0.5, 0.6) is 17.2 Å². The maximum absolute atomic E-state index is 13.6. The number of halogens is 2. The molecule has 0 radical (unpaired) electrons. The van der Waals surface area contributed by atoms with Crippen LogP contribution < -0.4 is 19.5 Å². The monoisotopic (exact) mass is 500 g/mol. The zero-order valence-electron chi connectivity index (χ0n) is 19.6. The number of benzene rings is 2. The Morgan fingerprint density at radius 2 is 1.83 bits per heavy atom. The quantitative estimate of drug-likeness (QED) is 0.441. The number of amides is 1. The van der Waals surface area contributed by atoms with Crippen molar-refractivity contribution in [3.8, 4) is 28.5 Å². The zero-order chi connectivity index (χ0) is 25.2. The van der Waals surface area contributed by atoms with Gasteiger partial charge in [0.15, 0.2) is 11.5 Å². The highest BCUT2D eigenvalue weighted by Crippen LogP contribution is 2.35. The topological polar surface area (TPSA) is 89.9 Å². The van der Waals surface area contributed by atoms with Crippen molar-refractivity contribution in [3.63, 3.8) is 0 Å². The van der Waals surface area contributed by atoms with Crippen LogP contribution in [-0.2, 0) is 5.60 Å². The molecule has 1 amide bonds. The summed E-state index contributed by atoms with van der Waals surface area (Å²) < 4.78 is 30.2. The number of hydrogen-bond donors (Lipinski definition) is 2. The van der Waals surface area contributed by atoms with E-state index in [0.29, 0.717) is 39.8 Å². The van der Waals surface area contributed by atoms with Crippen molar-refractivity contribution in [3.05, 3.63) is 70.6 Å². The second-order valence-corrected chi connectivity index (χ2v) is 8.92. The summed E-state index contributed by atoms with van der Waals surface area (Å²) >= 11 is 5.93. The maximum Gasteiger partial charge on any atom is 0.251 e. The molecule has 1 unspecified atom stereocenters. The van der Waals surface area contributed by atoms with Gasteiger partial charge in [-0.1, -0.05) is 11.6 Å². The van der Waals surface area contributed by atoms with Gasteiger partial charge in [-0.3, -0.25) is 4.79 Å². The summed E-state index contributed by atoms with van der Waals surface area (Å²) in [6, 6.07) is 12.4. The number of hydrogen-bond acceptors (Lipinski definition) is 6. The lowest BCUT2D eigenvalue weighted by Gasteiger charge is -2.24. The third-order valence-electron chi connectivity index (χ3n) is 5.66. The molecule has 1 heterocycles. The van der Waals surface area contributed by atoms with Gasteiger partial charge in [-0.25, -0.2) is 9.37 Å². The number of carbonyl (C=O) groups is 1. The molecule has 0 saturated heterocycles. The molecular weight excluding hydrogens is 475 g/mol. The van der Waals surface area contributed by atoms with Crippen LogP contribution in [0.25, 0.3) is 11.3 Å². The predicted octanol–water partition coefficient (Wildman–Crippen LogP) is 4.74. The Balaban J connectivity index is 1.51. The third-order valence-corrected chi connectivity index (χ3v) is 5.95. The molecular formula is C26H26ClFN2O5. The normalized spacial score (nSPS) is 14.7. The van der Waals surface area contributed by atoms with Crippen LogP contribution in [0.15, 0.2) is 48.5 Å². The molecule has 0 spiro atoms. The van der Waals surface area contributed by atoms with Crippen LogP contribution >= 0.6 is 11.6 Å². The molecule has 1 fully saturated rings. The van der Waals surface area contributed by atoms with Crippen LogP contribution in [0.3, 0.4) is 0 Å². The first-order valence-electron chi connectivity index (χ1n) is 11.1. The van der Waals surface area contributed by atoms with Crippen LogP contribution in [0, 0.1) is 5.82 Å². The molecule has 1 aromatic heterocycles. The summed E-state index contributed by atoms with van der Waals surface area (Å²) in [6.45, 7) is 1.42. The molecule has 184 valence electrons. The van der Waals surface area contributed by atoms with Gasteiger partial charge in [0.25, 0.3) is 5.91 Å². The van der Waals surface area contributed by atoms with Crippen molar-refractivity contribution < 1.29 is 28.5 Å². The molecule has 0 bridgehead atoms. The van der Waals surface area contributed by atoms with Gasteiger partial charge in [0.1, 0.15) is 22.9 Å². The van der Waals surface area contributed by atoms with E-state index < -0.39 is 11.4 Å². The van der Waals surface area contributed by atoms with E-state index in [1.54, 1.807) is 30.3 Å². The highest BCUT2D eigenvalue weighted by atomic mass is 35.5. The molecule has 1 aliphatic rings. The van der Waals surface area contributed by atoms with Gasteiger partial charge in [-0.05, 0) is 68.3 Å². The van der Waals surface area contributed by atoms with Gasteiger partial charge in [-0.15, -0.1) is 0 Å². The van der Waals surface area contributed by atoms with E-state index in [0.717, 1.165) is 12.8 Å². The first-order chi connectivity index (χ1) is 16.7. The van der Waals surface area contributed by atoms with Gasteiger partial charge >= 0.3 is 0 Å². The first kappa shape index (κ1) is 24.8. The Morgan fingerprint density at radius 3 is 2.49 bits per heavy atom. The maximum atomic E-state index is 13.6. The number of rotatable bonds is 9. The van der Waals surface area contributed by atoms with Crippen LogP contribution in [0.1, 0.15) is 35.8 Å². The Bertz CT molecular complexity index is 1250. The van der Waals surface area contributed by atoms with Gasteiger partial charge < -0.3 is 24.6 Å². The smallest absolute Gasteiger partial charge is 0.251 e. The second kappa shape index (κ2) is 10.1. The van der Waals surface area contributed by atoms with Crippen molar-refractivity contribution in [1.82, 2.24) is 10.3 Å². The van der Waals surface area contributed by atoms with E-state index >= 15 is 0 Å². The average molecular weight is 501 g/mol. The Hall–Kier alpha value is -3.36. The number of aromatic nitrogens is 1. The summed E-state index contributed by atoms with van der Waals surface area (Å²) in [4.78, 5) is 17.3. The Morgan fingerprint density at radius 1 is 1.11 bits per heavy atom. The number of ether oxygens (including phenoxy) is 3. The number of nitrogens with zero attached hydrogens (tertiary/aromatic N) is 1. The molecule has 35 heavy (non-hydrogen) atoms. The lowest BCUT2D eigenvalue weighted by atomic mass is 9.99. The molecule has 1 aliphatic carbocycles. The van der Waals surface area contributed by atoms with Crippen molar-refractivity contribution in [1.29, 1.82) is 0 Å². The molecule has 3 aromatic rings. The van der Waals surface area contributed by atoms with Crippen molar-refractivity contribution in [2.24, 2.45) is 0 Å². The molecule has 7 nitrogen and oxygen atoms in total. The van der Waals surface area contributed by atoms with E-state index in [1.807, 2.05) is 0 Å². The van der Waals surface area contributed by atoms with E-state index in [1.165, 1.54) is 39.3 Å². The van der Waals surface area contributed by atoms with Crippen LogP contribution in [0.2, 0.25) is 5.02 Å². The molecule has 2 aromatic carbocycles. The minimum Gasteiger partial charge on any atom is -0.494 e. The predicted molar refractivity (Wildman–Crippen MR) is 130 cm³/mol. The number of methoxy groups -OCH3 is 2. The van der Waals surface area contributed by atoms with E-state index in [4.69, 9.17) is 25.8 Å². The minimum absolute atomic E-state index is 0.0558. The summed E-state index contributed by atoms with van der Waals surface area (Å²) in [5.41, 5.74) is 0.0505. The average Bonchev–Trinajstić information content (AvgIpc) is 3.68. The fourth-order valence-corrected chi connectivity index (χ4v) is 3.66. The fourth-order valence-electron chi connectivity index (χ4n) is 3.48. The summed E-state index contributed by atoms with van der Waals surface area (Å²) in [6.07, 6.45) is 2.22. The standard InChI is InChI=1S/C26H26ClFN2O5/c1-26(32,14-29-25(31)16-5-9-20(22(13-16)34-3)35-17-6-7-17)23-11-10-21(33-2)24(30-23)15-4-8-19(28)18(27)12-15/h4-5,8-13,17,32H,6-7,14H2,1-3H3,(H,29,31). The summed E-state index contributed by atoms with van der Waals surface area (Å²) in [7, 11) is 3.00. The fraction of sp³-hybridized carbons (Fsp3) is 0.308. The second-order valence-electron chi connectivity index (χ2n) is 8.52. The largest absolute Gasteiger partial charge is 0.494 e.